The van der Waals surface area contributed by atoms with Gasteiger partial charge in [0.05, 0.1) is 25.2 Å². The first kappa shape index (κ1) is 24.1. The number of ether oxygens (including phenoxy) is 3. The number of methoxy groups -OCH3 is 2. The van der Waals surface area contributed by atoms with E-state index in [1.54, 1.807) is 25.3 Å². The number of imide groups is 1. The van der Waals surface area contributed by atoms with E-state index in [-0.39, 0.29) is 17.7 Å². The van der Waals surface area contributed by atoms with Gasteiger partial charge in [-0.15, -0.1) is 6.58 Å². The fourth-order valence-corrected chi connectivity index (χ4v) is 4.28. The molecule has 0 saturated carbocycles. The largest absolute Gasteiger partial charge is 0.493 e. The van der Waals surface area contributed by atoms with Gasteiger partial charge in [0.25, 0.3) is 11.1 Å². The van der Waals surface area contributed by atoms with Crippen LogP contribution in [0.2, 0.25) is 0 Å². The number of benzene rings is 2. The summed E-state index contributed by atoms with van der Waals surface area (Å²) in [7, 11) is 3.10. The summed E-state index contributed by atoms with van der Waals surface area (Å²) >= 11 is 4.35. The number of nitrogens with zero attached hydrogens (tertiary/aromatic N) is 1. The number of thioether (sulfide) groups is 1. The number of amides is 2. The summed E-state index contributed by atoms with van der Waals surface area (Å²) in [6, 6.07) is 11.6. The molecule has 2 amide bonds. The van der Waals surface area contributed by atoms with Crippen LogP contribution in [0.3, 0.4) is 0 Å². The number of carbonyl (C=O) groups excluding carboxylic acids is 2. The van der Waals surface area contributed by atoms with E-state index in [1.807, 2.05) is 30.3 Å². The lowest BCUT2D eigenvalue weighted by Crippen LogP contribution is -2.31. The molecule has 0 radical (unpaired) electrons. The topological polar surface area (TPSA) is 65.1 Å². The zero-order chi connectivity index (χ0) is 23.1. The molecule has 1 aliphatic heterocycles. The second-order valence-electron chi connectivity index (χ2n) is 6.95. The molecule has 0 aromatic heterocycles. The first-order chi connectivity index (χ1) is 15.5. The Morgan fingerprint density at radius 2 is 1.91 bits per heavy atom. The summed E-state index contributed by atoms with van der Waals surface area (Å²) in [4.78, 5) is 26.4. The van der Waals surface area contributed by atoms with Gasteiger partial charge in [0.2, 0.25) is 0 Å². The molecule has 3 rings (SSSR count). The van der Waals surface area contributed by atoms with Crippen molar-refractivity contribution >= 4 is 44.9 Å². The molecule has 32 heavy (non-hydrogen) atoms. The predicted octanol–water partition coefficient (Wildman–Crippen LogP) is 5.45. The number of carbonyl (C=O) groups is 2. The zero-order valence-corrected chi connectivity index (χ0v) is 20.3. The van der Waals surface area contributed by atoms with E-state index in [1.165, 1.54) is 12.0 Å². The van der Waals surface area contributed by atoms with Crippen LogP contribution in [0.4, 0.5) is 4.79 Å². The summed E-state index contributed by atoms with van der Waals surface area (Å²) < 4.78 is 17.7. The Labute approximate surface area is 200 Å². The van der Waals surface area contributed by atoms with Gasteiger partial charge in [-0.2, -0.15) is 0 Å². The van der Waals surface area contributed by atoms with Gasteiger partial charge in [-0.1, -0.05) is 34.1 Å². The molecule has 2 aromatic rings. The lowest BCUT2D eigenvalue weighted by Gasteiger charge is -2.16. The van der Waals surface area contributed by atoms with Crippen molar-refractivity contribution in [2.75, 3.05) is 27.4 Å². The molecule has 0 bridgehead atoms. The highest BCUT2D eigenvalue weighted by Gasteiger charge is 2.34. The fourth-order valence-electron chi connectivity index (χ4n) is 3.15. The number of rotatable bonds is 10. The summed E-state index contributed by atoms with van der Waals surface area (Å²) in [5, 5.41) is -0.300. The maximum absolute atomic E-state index is 12.6. The van der Waals surface area contributed by atoms with E-state index < -0.39 is 0 Å². The Morgan fingerprint density at radius 1 is 1.16 bits per heavy atom. The third kappa shape index (κ3) is 5.82. The van der Waals surface area contributed by atoms with Gasteiger partial charge in [0.1, 0.15) is 6.61 Å². The Morgan fingerprint density at radius 3 is 2.56 bits per heavy atom. The lowest BCUT2D eigenvalue weighted by molar-refractivity contribution is -0.123. The van der Waals surface area contributed by atoms with E-state index >= 15 is 0 Å². The quantitative estimate of drug-likeness (QED) is 0.308. The Balaban J connectivity index is 1.88. The van der Waals surface area contributed by atoms with E-state index in [9.17, 15) is 9.59 Å². The highest BCUT2D eigenvalue weighted by molar-refractivity contribution is 9.10. The van der Waals surface area contributed by atoms with Crippen molar-refractivity contribution in [2.24, 2.45) is 0 Å². The summed E-state index contributed by atoms with van der Waals surface area (Å²) in [6.07, 6.45) is 4.04. The van der Waals surface area contributed by atoms with Crippen LogP contribution in [0.1, 0.15) is 16.7 Å². The van der Waals surface area contributed by atoms with Crippen LogP contribution in [0.5, 0.6) is 11.5 Å². The van der Waals surface area contributed by atoms with Crippen LogP contribution in [0.25, 0.3) is 6.08 Å². The molecule has 0 spiro atoms. The zero-order valence-electron chi connectivity index (χ0n) is 17.9. The third-order valence-corrected chi connectivity index (χ3v) is 6.16. The summed E-state index contributed by atoms with van der Waals surface area (Å²) in [6.45, 7) is 4.74. The van der Waals surface area contributed by atoms with E-state index in [2.05, 4.69) is 22.5 Å². The van der Waals surface area contributed by atoms with Gasteiger partial charge in [-0.05, 0) is 59.7 Å². The monoisotopic (exact) mass is 517 g/mol. The van der Waals surface area contributed by atoms with Crippen LogP contribution in [0, 0.1) is 0 Å². The standard InChI is InChI=1S/C24H24BrNO5S/c1-4-5-18-12-17(14-21-23(27)26(10-11-29-2)24(28)32-21)13-20(30-3)22(18)31-15-16-6-8-19(25)9-7-16/h4,6-9,12-14H,1,5,10-11,15H2,2-3H3/b21-14+. The smallest absolute Gasteiger partial charge is 0.293 e. The van der Waals surface area contributed by atoms with Crippen LogP contribution in [-0.2, 0) is 22.6 Å². The van der Waals surface area contributed by atoms with Gasteiger partial charge in [-0.3, -0.25) is 14.5 Å². The van der Waals surface area contributed by atoms with Crippen LogP contribution in [0.15, 0.2) is 58.4 Å². The van der Waals surface area contributed by atoms with Crippen molar-refractivity contribution in [1.82, 2.24) is 4.90 Å². The molecule has 1 saturated heterocycles. The molecule has 6 nitrogen and oxygen atoms in total. The average molecular weight is 518 g/mol. The lowest BCUT2D eigenvalue weighted by atomic mass is 10.0. The molecule has 1 aliphatic rings. The van der Waals surface area contributed by atoms with E-state index in [0.717, 1.165) is 32.9 Å². The van der Waals surface area contributed by atoms with E-state index in [4.69, 9.17) is 14.2 Å². The summed E-state index contributed by atoms with van der Waals surface area (Å²) in [5.41, 5.74) is 2.64. The minimum atomic E-state index is -0.322. The van der Waals surface area contributed by atoms with Crippen molar-refractivity contribution in [3.8, 4) is 11.5 Å². The molecule has 0 unspecified atom stereocenters. The molecule has 1 heterocycles. The first-order valence-corrected chi connectivity index (χ1v) is 11.5. The van der Waals surface area contributed by atoms with E-state index in [0.29, 0.717) is 36.0 Å². The van der Waals surface area contributed by atoms with Crippen molar-refractivity contribution in [2.45, 2.75) is 13.0 Å². The molecule has 0 N–H and O–H groups in total. The number of allylic oxidation sites excluding steroid dienone is 1. The normalized spacial score (nSPS) is 14.8. The second-order valence-corrected chi connectivity index (χ2v) is 8.85. The fraction of sp³-hybridized carbons (Fsp3) is 0.250. The molecule has 168 valence electrons. The van der Waals surface area contributed by atoms with Crippen molar-refractivity contribution in [3.05, 3.63) is 75.1 Å². The number of hydrogen-bond acceptors (Lipinski definition) is 6. The number of hydrogen-bond donors (Lipinski definition) is 0. The first-order valence-electron chi connectivity index (χ1n) is 9.90. The Bertz CT molecular complexity index is 1040. The van der Waals surface area contributed by atoms with Crippen molar-refractivity contribution in [1.29, 1.82) is 0 Å². The summed E-state index contributed by atoms with van der Waals surface area (Å²) in [5.74, 6) is 0.851. The molecule has 2 aromatic carbocycles. The molecular formula is C24H24BrNO5S. The van der Waals surface area contributed by atoms with Gasteiger partial charge < -0.3 is 14.2 Å². The molecule has 0 atom stereocenters. The highest BCUT2D eigenvalue weighted by atomic mass is 79.9. The Kier molecular flexibility index (Phi) is 8.55. The molecule has 0 aliphatic carbocycles. The minimum Gasteiger partial charge on any atom is -0.493 e. The van der Waals surface area contributed by atoms with Gasteiger partial charge in [0.15, 0.2) is 11.5 Å². The third-order valence-electron chi connectivity index (χ3n) is 4.73. The number of halogens is 1. The van der Waals surface area contributed by atoms with Crippen molar-refractivity contribution in [3.63, 3.8) is 0 Å². The highest BCUT2D eigenvalue weighted by Crippen LogP contribution is 2.37. The van der Waals surface area contributed by atoms with Crippen LogP contribution in [-0.4, -0.2) is 43.4 Å². The maximum Gasteiger partial charge on any atom is 0.293 e. The second kappa shape index (κ2) is 11.4. The van der Waals surface area contributed by atoms with Crippen LogP contribution >= 0.6 is 27.7 Å². The molecule has 1 fully saturated rings. The van der Waals surface area contributed by atoms with Gasteiger partial charge >= 0.3 is 0 Å². The van der Waals surface area contributed by atoms with Crippen molar-refractivity contribution < 1.29 is 23.8 Å². The maximum atomic E-state index is 12.6. The Hall–Kier alpha value is -2.55. The SMILES string of the molecule is C=CCc1cc(/C=C2/SC(=O)N(CCOC)C2=O)cc(OC)c1OCc1ccc(Br)cc1. The van der Waals surface area contributed by atoms with Crippen LogP contribution < -0.4 is 9.47 Å². The molecule has 8 heteroatoms. The minimum absolute atomic E-state index is 0.229. The molecular weight excluding hydrogens is 494 g/mol. The van der Waals surface area contributed by atoms with Gasteiger partial charge in [-0.25, -0.2) is 0 Å². The predicted molar refractivity (Wildman–Crippen MR) is 130 cm³/mol. The van der Waals surface area contributed by atoms with Gasteiger partial charge in [0, 0.05) is 17.1 Å². The average Bonchev–Trinajstić information content (AvgIpc) is 3.04.